The highest BCUT2D eigenvalue weighted by Crippen LogP contribution is 2.27. The lowest BCUT2D eigenvalue weighted by atomic mass is 10.3. The Bertz CT molecular complexity index is 528. The summed E-state index contributed by atoms with van der Waals surface area (Å²) in [4.78, 5) is 19.0. The Balaban J connectivity index is 2.30. The van der Waals surface area contributed by atoms with Crippen molar-refractivity contribution in [2.45, 2.75) is 6.92 Å². The van der Waals surface area contributed by atoms with Crippen molar-refractivity contribution in [2.75, 3.05) is 0 Å². The minimum atomic E-state index is -0.248. The second kappa shape index (κ2) is 4.28. The topological polar surface area (TPSA) is 80.4 Å². The van der Waals surface area contributed by atoms with Gasteiger partial charge in [0.15, 0.2) is 0 Å². The highest BCUT2D eigenvalue weighted by molar-refractivity contribution is 7.22. The first-order chi connectivity index (χ1) is 7.65. The van der Waals surface area contributed by atoms with E-state index >= 15 is 0 Å². The van der Waals surface area contributed by atoms with Crippen LogP contribution in [0.3, 0.4) is 0 Å². The fourth-order valence-electron chi connectivity index (χ4n) is 1.22. The van der Waals surface area contributed by atoms with Crippen LogP contribution in [0.5, 0.6) is 0 Å². The SMILES string of the molecule is CC(=O)NC(N)=Nc1nc2ccccc2s1. The lowest BCUT2D eigenvalue weighted by Gasteiger charge is -1.97. The van der Waals surface area contributed by atoms with E-state index in [4.69, 9.17) is 5.73 Å². The lowest BCUT2D eigenvalue weighted by Crippen LogP contribution is -2.34. The molecule has 0 aliphatic carbocycles. The molecule has 1 aromatic carbocycles. The molecule has 5 nitrogen and oxygen atoms in total. The number of fused-ring (bicyclic) bond motifs is 1. The number of nitrogens with one attached hydrogen (secondary N) is 1. The Hall–Kier alpha value is -1.95. The molecule has 0 saturated carbocycles. The Morgan fingerprint density at radius 1 is 1.50 bits per heavy atom. The third-order valence-electron chi connectivity index (χ3n) is 1.80. The van der Waals surface area contributed by atoms with E-state index in [0.29, 0.717) is 5.13 Å². The molecule has 1 heterocycles. The fourth-order valence-corrected chi connectivity index (χ4v) is 2.07. The second-order valence-electron chi connectivity index (χ2n) is 3.14. The van der Waals surface area contributed by atoms with Crippen LogP contribution in [0.2, 0.25) is 0 Å². The van der Waals surface area contributed by atoms with Gasteiger partial charge < -0.3 is 5.73 Å². The Labute approximate surface area is 96.0 Å². The largest absolute Gasteiger partial charge is 0.369 e. The van der Waals surface area contributed by atoms with E-state index < -0.39 is 0 Å². The standard InChI is InChI=1S/C10H10N4OS/c1-6(15)12-9(11)14-10-13-7-4-2-3-5-8(7)16-10/h2-5H,1H3,(H3,11,12,13,14,15). The predicted molar refractivity (Wildman–Crippen MR) is 64.7 cm³/mol. The van der Waals surface area contributed by atoms with Gasteiger partial charge in [-0.15, -0.1) is 0 Å². The molecule has 82 valence electrons. The van der Waals surface area contributed by atoms with Gasteiger partial charge in [-0.1, -0.05) is 23.5 Å². The summed E-state index contributed by atoms with van der Waals surface area (Å²) in [5.74, 6) is -0.186. The third-order valence-corrected chi connectivity index (χ3v) is 2.73. The quantitative estimate of drug-likeness (QED) is 0.577. The van der Waals surface area contributed by atoms with Gasteiger partial charge in [-0.3, -0.25) is 10.1 Å². The van der Waals surface area contributed by atoms with E-state index in [1.807, 2.05) is 24.3 Å². The van der Waals surface area contributed by atoms with Crippen molar-refractivity contribution in [3.8, 4) is 0 Å². The molecule has 0 bridgehead atoms. The van der Waals surface area contributed by atoms with Crippen LogP contribution in [0.1, 0.15) is 6.92 Å². The molecule has 6 heteroatoms. The van der Waals surface area contributed by atoms with Gasteiger partial charge in [0.05, 0.1) is 10.2 Å². The minimum absolute atomic E-state index is 0.0616. The molecule has 0 unspecified atom stereocenters. The van der Waals surface area contributed by atoms with Crippen LogP contribution >= 0.6 is 11.3 Å². The number of benzene rings is 1. The number of hydrogen-bond acceptors (Lipinski definition) is 4. The smallest absolute Gasteiger partial charge is 0.223 e. The van der Waals surface area contributed by atoms with Crippen LogP contribution < -0.4 is 11.1 Å². The number of para-hydroxylation sites is 1. The third kappa shape index (κ3) is 2.34. The molecule has 1 amide bonds. The average Bonchev–Trinajstić information content (AvgIpc) is 2.57. The molecule has 0 aliphatic rings. The maximum Gasteiger partial charge on any atom is 0.223 e. The molecular weight excluding hydrogens is 224 g/mol. The van der Waals surface area contributed by atoms with Gasteiger partial charge in [0, 0.05) is 6.92 Å². The zero-order valence-electron chi connectivity index (χ0n) is 8.60. The summed E-state index contributed by atoms with van der Waals surface area (Å²) in [5, 5.41) is 2.93. The first kappa shape index (κ1) is 10.6. The van der Waals surface area contributed by atoms with Crippen molar-refractivity contribution in [1.82, 2.24) is 10.3 Å². The van der Waals surface area contributed by atoms with Gasteiger partial charge in [-0.25, -0.2) is 4.98 Å². The molecule has 0 saturated heterocycles. The maximum absolute atomic E-state index is 10.7. The van der Waals surface area contributed by atoms with Gasteiger partial charge in [0.25, 0.3) is 0 Å². The zero-order chi connectivity index (χ0) is 11.5. The number of nitrogens with two attached hydrogens (primary N) is 1. The van der Waals surface area contributed by atoms with Gasteiger partial charge >= 0.3 is 0 Å². The van der Waals surface area contributed by atoms with E-state index in [1.54, 1.807) is 0 Å². The number of hydrogen-bond donors (Lipinski definition) is 2. The normalized spacial score (nSPS) is 11.7. The van der Waals surface area contributed by atoms with Crippen molar-refractivity contribution in [3.05, 3.63) is 24.3 Å². The zero-order valence-corrected chi connectivity index (χ0v) is 9.41. The first-order valence-electron chi connectivity index (χ1n) is 4.62. The minimum Gasteiger partial charge on any atom is -0.369 e. The molecule has 0 atom stereocenters. The number of rotatable bonds is 1. The van der Waals surface area contributed by atoms with Crippen LogP contribution in [0.25, 0.3) is 10.2 Å². The number of amides is 1. The summed E-state index contributed by atoms with van der Waals surface area (Å²) in [6.45, 7) is 1.38. The van der Waals surface area contributed by atoms with E-state index in [9.17, 15) is 4.79 Å². The van der Waals surface area contributed by atoms with Crippen LogP contribution in [0.4, 0.5) is 5.13 Å². The van der Waals surface area contributed by atoms with Gasteiger partial charge in [0.1, 0.15) is 0 Å². The van der Waals surface area contributed by atoms with Crippen molar-refractivity contribution in [2.24, 2.45) is 10.7 Å². The highest BCUT2D eigenvalue weighted by atomic mass is 32.1. The molecule has 16 heavy (non-hydrogen) atoms. The maximum atomic E-state index is 10.7. The Morgan fingerprint density at radius 3 is 2.94 bits per heavy atom. The van der Waals surface area contributed by atoms with E-state index in [0.717, 1.165) is 10.2 Å². The number of nitrogens with zero attached hydrogens (tertiary/aromatic N) is 2. The molecule has 0 fully saturated rings. The number of carbonyl (C=O) groups is 1. The van der Waals surface area contributed by atoms with Gasteiger partial charge in [0.2, 0.25) is 17.0 Å². The van der Waals surface area contributed by atoms with Gasteiger partial charge in [-0.2, -0.15) is 4.99 Å². The number of aromatic nitrogens is 1. The molecule has 2 rings (SSSR count). The number of carbonyl (C=O) groups excluding carboxylic acids is 1. The molecule has 1 aromatic heterocycles. The second-order valence-corrected chi connectivity index (χ2v) is 4.15. The molecule has 0 aliphatic heterocycles. The number of thiazole rings is 1. The van der Waals surface area contributed by atoms with Crippen molar-refractivity contribution in [1.29, 1.82) is 0 Å². The summed E-state index contributed by atoms with van der Waals surface area (Å²) in [6, 6.07) is 7.71. The molecular formula is C10H10N4OS. The average molecular weight is 234 g/mol. The Kier molecular flexibility index (Phi) is 2.82. The van der Waals surface area contributed by atoms with E-state index in [1.165, 1.54) is 18.3 Å². The summed E-state index contributed by atoms with van der Waals surface area (Å²) in [5.41, 5.74) is 6.39. The first-order valence-corrected chi connectivity index (χ1v) is 5.44. The molecule has 3 N–H and O–H groups in total. The lowest BCUT2D eigenvalue weighted by molar-refractivity contribution is -0.117. The fraction of sp³-hybridized carbons (Fsp3) is 0.100. The summed E-state index contributed by atoms with van der Waals surface area (Å²) in [6.07, 6.45) is 0. The van der Waals surface area contributed by atoms with Crippen LogP contribution in [-0.2, 0) is 4.79 Å². The molecule has 0 radical (unpaired) electrons. The van der Waals surface area contributed by atoms with Crippen molar-refractivity contribution < 1.29 is 4.79 Å². The Morgan fingerprint density at radius 2 is 2.25 bits per heavy atom. The van der Waals surface area contributed by atoms with Crippen LogP contribution in [0, 0.1) is 0 Å². The monoisotopic (exact) mass is 234 g/mol. The number of guanidine groups is 1. The van der Waals surface area contributed by atoms with Gasteiger partial charge in [-0.05, 0) is 12.1 Å². The van der Waals surface area contributed by atoms with Crippen LogP contribution in [0.15, 0.2) is 29.3 Å². The van der Waals surface area contributed by atoms with Crippen molar-refractivity contribution >= 4 is 38.6 Å². The number of aliphatic imine (C=N–C) groups is 1. The predicted octanol–water partition coefficient (Wildman–Crippen LogP) is 1.38. The highest BCUT2D eigenvalue weighted by Gasteiger charge is 2.02. The molecule has 2 aromatic rings. The van der Waals surface area contributed by atoms with E-state index in [-0.39, 0.29) is 11.9 Å². The molecule has 0 spiro atoms. The summed E-state index contributed by atoms with van der Waals surface area (Å²) >= 11 is 1.42. The summed E-state index contributed by atoms with van der Waals surface area (Å²) in [7, 11) is 0. The van der Waals surface area contributed by atoms with E-state index in [2.05, 4.69) is 15.3 Å². The van der Waals surface area contributed by atoms with Crippen molar-refractivity contribution in [3.63, 3.8) is 0 Å². The van der Waals surface area contributed by atoms with Crippen LogP contribution in [-0.4, -0.2) is 16.9 Å². The summed E-state index contributed by atoms with van der Waals surface area (Å²) < 4.78 is 1.04.